The monoisotopic (exact) mass is 416 g/mol. The van der Waals surface area contributed by atoms with Crippen molar-refractivity contribution >= 4 is 11.9 Å². The van der Waals surface area contributed by atoms with Crippen LogP contribution >= 0.6 is 0 Å². The Balaban J connectivity index is 1.75. The summed E-state index contributed by atoms with van der Waals surface area (Å²) in [6.07, 6.45) is -0.145. The minimum absolute atomic E-state index is 0.143. The Morgan fingerprint density at radius 1 is 0.935 bits per heavy atom. The van der Waals surface area contributed by atoms with Crippen molar-refractivity contribution in [3.63, 3.8) is 0 Å². The average Bonchev–Trinajstić information content (AvgIpc) is 3.23. The Kier molecular flexibility index (Phi) is 6.14. The van der Waals surface area contributed by atoms with Gasteiger partial charge in [0, 0.05) is 6.42 Å². The second-order valence-electron chi connectivity index (χ2n) is 7.49. The van der Waals surface area contributed by atoms with Crippen LogP contribution in [0.15, 0.2) is 91.0 Å². The molecule has 4 rings (SSSR count). The van der Waals surface area contributed by atoms with Gasteiger partial charge in [-0.05, 0) is 16.7 Å². The molecule has 5 nitrogen and oxygen atoms in total. The molecule has 0 aliphatic carbocycles. The SMILES string of the molecule is COC(=O)[C@](OCc1ccccc1)(c1ccccc1)[C@@H]1C[C@H](c2ccccc2)OC1=O. The summed E-state index contributed by atoms with van der Waals surface area (Å²) in [4.78, 5) is 26.4. The van der Waals surface area contributed by atoms with Crippen LogP contribution in [0.1, 0.15) is 29.2 Å². The Bertz CT molecular complexity index is 1020. The van der Waals surface area contributed by atoms with Crippen molar-refractivity contribution < 1.29 is 23.8 Å². The molecular formula is C26H24O5. The summed E-state index contributed by atoms with van der Waals surface area (Å²) in [5.74, 6) is -1.95. The normalized spacial score (nSPS) is 20.0. The van der Waals surface area contributed by atoms with E-state index in [0.29, 0.717) is 12.0 Å². The number of hydrogen-bond acceptors (Lipinski definition) is 5. The molecule has 1 aliphatic rings. The maximum absolute atomic E-state index is 13.3. The van der Waals surface area contributed by atoms with E-state index in [4.69, 9.17) is 14.2 Å². The van der Waals surface area contributed by atoms with Crippen molar-refractivity contribution in [3.05, 3.63) is 108 Å². The van der Waals surface area contributed by atoms with Crippen LogP contribution in [0.3, 0.4) is 0 Å². The lowest BCUT2D eigenvalue weighted by Gasteiger charge is -2.34. The van der Waals surface area contributed by atoms with Gasteiger partial charge in [0.25, 0.3) is 0 Å². The quantitative estimate of drug-likeness (QED) is 0.528. The third-order valence-electron chi connectivity index (χ3n) is 5.66. The van der Waals surface area contributed by atoms with Gasteiger partial charge in [-0.1, -0.05) is 91.0 Å². The van der Waals surface area contributed by atoms with Gasteiger partial charge in [-0.3, -0.25) is 4.79 Å². The van der Waals surface area contributed by atoms with Crippen LogP contribution in [0.25, 0.3) is 0 Å². The third kappa shape index (κ3) is 4.09. The molecule has 0 radical (unpaired) electrons. The number of cyclic esters (lactones) is 1. The van der Waals surface area contributed by atoms with Crippen molar-refractivity contribution in [1.29, 1.82) is 0 Å². The molecule has 0 unspecified atom stereocenters. The second kappa shape index (κ2) is 9.14. The molecule has 1 aliphatic heterocycles. The summed E-state index contributed by atoms with van der Waals surface area (Å²) in [6.45, 7) is 0.143. The highest BCUT2D eigenvalue weighted by Crippen LogP contribution is 2.46. The fourth-order valence-corrected chi connectivity index (χ4v) is 4.10. The Hall–Kier alpha value is -3.44. The molecule has 0 aromatic heterocycles. The van der Waals surface area contributed by atoms with Gasteiger partial charge in [0.15, 0.2) is 0 Å². The van der Waals surface area contributed by atoms with E-state index < -0.39 is 29.6 Å². The van der Waals surface area contributed by atoms with E-state index in [2.05, 4.69) is 0 Å². The zero-order chi connectivity index (χ0) is 21.7. The van der Waals surface area contributed by atoms with Gasteiger partial charge in [-0.15, -0.1) is 0 Å². The zero-order valence-electron chi connectivity index (χ0n) is 17.3. The van der Waals surface area contributed by atoms with E-state index in [1.165, 1.54) is 7.11 Å². The summed E-state index contributed by atoms with van der Waals surface area (Å²) in [7, 11) is 1.31. The average molecular weight is 416 g/mol. The van der Waals surface area contributed by atoms with Gasteiger partial charge in [0.05, 0.1) is 13.7 Å². The third-order valence-corrected chi connectivity index (χ3v) is 5.66. The van der Waals surface area contributed by atoms with Gasteiger partial charge in [-0.2, -0.15) is 0 Å². The van der Waals surface area contributed by atoms with Crippen molar-refractivity contribution in [2.75, 3.05) is 7.11 Å². The van der Waals surface area contributed by atoms with E-state index in [-0.39, 0.29) is 6.61 Å². The van der Waals surface area contributed by atoms with E-state index in [0.717, 1.165) is 11.1 Å². The van der Waals surface area contributed by atoms with Crippen LogP contribution < -0.4 is 0 Å². The lowest BCUT2D eigenvalue weighted by molar-refractivity contribution is -0.188. The number of rotatable bonds is 7. The molecule has 0 saturated carbocycles. The first-order chi connectivity index (χ1) is 15.1. The van der Waals surface area contributed by atoms with E-state index in [9.17, 15) is 9.59 Å². The van der Waals surface area contributed by atoms with Gasteiger partial charge in [0.2, 0.25) is 5.60 Å². The number of methoxy groups -OCH3 is 1. The van der Waals surface area contributed by atoms with Gasteiger partial charge in [-0.25, -0.2) is 4.79 Å². The highest BCUT2D eigenvalue weighted by atomic mass is 16.6. The molecule has 0 amide bonds. The van der Waals surface area contributed by atoms with E-state index >= 15 is 0 Å². The predicted octanol–water partition coefficient (Wildman–Crippen LogP) is 4.58. The molecule has 1 saturated heterocycles. The lowest BCUT2D eigenvalue weighted by atomic mass is 9.78. The Morgan fingerprint density at radius 3 is 2.13 bits per heavy atom. The van der Waals surface area contributed by atoms with Crippen molar-refractivity contribution in [3.8, 4) is 0 Å². The summed E-state index contributed by atoms with van der Waals surface area (Å²) >= 11 is 0. The van der Waals surface area contributed by atoms with Gasteiger partial charge < -0.3 is 14.2 Å². The summed E-state index contributed by atoms with van der Waals surface area (Å²) in [5.41, 5.74) is 0.714. The minimum Gasteiger partial charge on any atom is -0.467 e. The van der Waals surface area contributed by atoms with E-state index in [1.54, 1.807) is 12.1 Å². The van der Waals surface area contributed by atoms with Crippen molar-refractivity contribution in [2.24, 2.45) is 5.92 Å². The largest absolute Gasteiger partial charge is 0.467 e. The fourth-order valence-electron chi connectivity index (χ4n) is 4.10. The van der Waals surface area contributed by atoms with Gasteiger partial charge in [0.1, 0.15) is 12.0 Å². The first kappa shape index (κ1) is 20.8. The molecule has 1 fully saturated rings. The van der Waals surface area contributed by atoms with Crippen molar-refractivity contribution in [2.45, 2.75) is 24.7 Å². The Morgan fingerprint density at radius 2 is 1.52 bits per heavy atom. The van der Waals surface area contributed by atoms with Crippen molar-refractivity contribution in [1.82, 2.24) is 0 Å². The maximum atomic E-state index is 13.3. The second-order valence-corrected chi connectivity index (χ2v) is 7.49. The first-order valence-electron chi connectivity index (χ1n) is 10.2. The molecule has 3 aromatic rings. The highest BCUT2D eigenvalue weighted by molar-refractivity contribution is 5.90. The minimum atomic E-state index is -1.62. The van der Waals surface area contributed by atoms with Gasteiger partial charge >= 0.3 is 11.9 Å². The first-order valence-corrected chi connectivity index (χ1v) is 10.2. The molecule has 0 N–H and O–H groups in total. The zero-order valence-corrected chi connectivity index (χ0v) is 17.3. The molecule has 31 heavy (non-hydrogen) atoms. The van der Waals surface area contributed by atoms with Crippen LogP contribution in [0.2, 0.25) is 0 Å². The summed E-state index contributed by atoms with van der Waals surface area (Å²) in [5, 5.41) is 0. The molecule has 1 heterocycles. The highest BCUT2D eigenvalue weighted by Gasteiger charge is 2.57. The molecule has 5 heteroatoms. The molecule has 3 aromatic carbocycles. The number of esters is 2. The predicted molar refractivity (Wildman–Crippen MR) is 115 cm³/mol. The molecular weight excluding hydrogens is 392 g/mol. The Labute approximate surface area is 181 Å². The number of carbonyl (C=O) groups is 2. The number of ether oxygens (including phenoxy) is 3. The van der Waals surface area contributed by atoms with Crippen LogP contribution in [-0.2, 0) is 36.0 Å². The molecule has 158 valence electrons. The molecule has 3 atom stereocenters. The number of benzene rings is 3. The molecule has 0 bridgehead atoms. The number of hydrogen-bond donors (Lipinski definition) is 0. The maximum Gasteiger partial charge on any atom is 0.343 e. The topological polar surface area (TPSA) is 61.8 Å². The fraction of sp³-hybridized carbons (Fsp3) is 0.231. The van der Waals surface area contributed by atoms with Crippen LogP contribution in [0, 0.1) is 5.92 Å². The summed E-state index contributed by atoms with van der Waals surface area (Å²) < 4.78 is 17.2. The van der Waals surface area contributed by atoms with Crippen LogP contribution in [0.4, 0.5) is 0 Å². The molecule has 0 spiro atoms. The van der Waals surface area contributed by atoms with Crippen LogP contribution in [-0.4, -0.2) is 19.0 Å². The van der Waals surface area contributed by atoms with Crippen LogP contribution in [0.5, 0.6) is 0 Å². The van der Waals surface area contributed by atoms with E-state index in [1.807, 2.05) is 78.9 Å². The lowest BCUT2D eigenvalue weighted by Crippen LogP contribution is -2.48. The smallest absolute Gasteiger partial charge is 0.343 e. The summed E-state index contributed by atoms with van der Waals surface area (Å²) in [6, 6.07) is 28.1. The number of carbonyl (C=O) groups excluding carboxylic acids is 2. The standard InChI is InChI=1S/C26H24O5/c1-29-25(28)26(21-15-9-4-10-16-21,30-18-19-11-5-2-6-12-19)22-17-23(31-24(22)27)20-13-7-3-8-14-20/h2-16,22-23H,17-18H2,1H3/t22-,23-,26+/m1/s1.